The first-order valence-electron chi connectivity index (χ1n) is 10.2. The average molecular weight is 562 g/mol. The zero-order chi connectivity index (χ0) is 23.9. The number of benzene rings is 2. The molecule has 0 heterocycles. The molecule has 2 aromatic carbocycles. The Balaban J connectivity index is 0.000000320. The third-order valence-corrected chi connectivity index (χ3v) is 5.14. The molecule has 0 spiro atoms. The zero-order valence-electron chi connectivity index (χ0n) is 18.1. The van der Waals surface area contributed by atoms with Gasteiger partial charge < -0.3 is 10.2 Å². The fraction of sp³-hybridized carbons (Fsp3) is 0.231. The Morgan fingerprint density at radius 1 is 0.719 bits per heavy atom. The van der Waals surface area contributed by atoms with E-state index in [-0.39, 0.29) is 0 Å². The van der Waals surface area contributed by atoms with Crippen LogP contribution in [0.2, 0.25) is 0 Å². The predicted octanol–water partition coefficient (Wildman–Crippen LogP) is 7.74. The van der Waals surface area contributed by atoms with E-state index in [9.17, 15) is 9.59 Å². The highest BCUT2D eigenvalue weighted by atomic mass is 79.9. The molecule has 0 aliphatic heterocycles. The number of halogens is 2. The van der Waals surface area contributed by atoms with Crippen LogP contribution in [0.5, 0.6) is 0 Å². The van der Waals surface area contributed by atoms with E-state index in [1.165, 1.54) is 0 Å². The molecule has 0 bridgehead atoms. The Morgan fingerprint density at radius 2 is 1.03 bits per heavy atom. The average Bonchev–Trinajstić information content (AvgIpc) is 2.76. The molecule has 0 saturated carbocycles. The monoisotopic (exact) mass is 560 g/mol. The van der Waals surface area contributed by atoms with Crippen molar-refractivity contribution in [3.8, 4) is 0 Å². The first-order valence-corrected chi connectivity index (χ1v) is 11.7. The van der Waals surface area contributed by atoms with Crippen LogP contribution in [0, 0.1) is 0 Å². The smallest absolute Gasteiger partial charge is 0.339 e. The minimum absolute atomic E-state index is 0.324. The molecule has 0 fully saturated rings. The predicted molar refractivity (Wildman–Crippen MR) is 136 cm³/mol. The number of hydrogen-bond acceptors (Lipinski definition) is 2. The molecule has 2 N–H and O–H groups in total. The van der Waals surface area contributed by atoms with E-state index in [2.05, 4.69) is 43.3 Å². The second-order valence-electron chi connectivity index (χ2n) is 6.75. The fourth-order valence-corrected chi connectivity index (χ4v) is 2.97. The van der Waals surface area contributed by atoms with Crippen molar-refractivity contribution in [3.05, 3.63) is 91.2 Å². The number of carboxylic acids is 2. The molecule has 0 aliphatic carbocycles. The van der Waals surface area contributed by atoms with Gasteiger partial charge in [-0.15, -0.1) is 11.5 Å². The Hall–Kier alpha value is -2.62. The molecule has 32 heavy (non-hydrogen) atoms. The van der Waals surface area contributed by atoms with Crippen molar-refractivity contribution >= 4 is 56.0 Å². The maximum absolute atomic E-state index is 10.8. The largest absolute Gasteiger partial charge is 0.477 e. The lowest BCUT2D eigenvalue weighted by Gasteiger charge is -1.95. The normalized spacial score (nSPS) is 9.38. The van der Waals surface area contributed by atoms with E-state index in [4.69, 9.17) is 10.2 Å². The highest BCUT2D eigenvalue weighted by Crippen LogP contribution is 2.13. The summed E-state index contributed by atoms with van der Waals surface area (Å²) in [5, 5.41) is 17.8. The number of carbonyl (C=O) groups is 2. The summed E-state index contributed by atoms with van der Waals surface area (Å²) in [6.45, 7) is 3.90. The Kier molecular flexibility index (Phi) is 13.0. The molecule has 168 valence electrons. The molecule has 0 aliphatic rings. The fourth-order valence-electron chi connectivity index (χ4n) is 2.44. The summed E-state index contributed by atoms with van der Waals surface area (Å²) in [7, 11) is 0. The third-order valence-electron chi connectivity index (χ3n) is 4.08. The summed E-state index contributed by atoms with van der Waals surface area (Å²) in [6, 6.07) is 15.3. The molecule has 2 aromatic rings. The van der Waals surface area contributed by atoms with Crippen molar-refractivity contribution in [2.45, 2.75) is 39.5 Å². The molecule has 6 heteroatoms. The molecule has 0 unspecified atom stereocenters. The van der Waals surface area contributed by atoms with Crippen LogP contribution in [0.4, 0.5) is 0 Å². The number of carboxylic acid groups (broad SMARTS) is 2. The van der Waals surface area contributed by atoms with Gasteiger partial charge in [0.25, 0.3) is 0 Å². The molecule has 4 nitrogen and oxygen atoms in total. The zero-order valence-corrected chi connectivity index (χ0v) is 21.2. The first kappa shape index (κ1) is 27.4. The highest BCUT2D eigenvalue weighted by Gasteiger charge is 2.04. The summed E-state index contributed by atoms with van der Waals surface area (Å²) in [6.07, 6.45) is 6.10. The van der Waals surface area contributed by atoms with E-state index in [0.29, 0.717) is 24.0 Å². The topological polar surface area (TPSA) is 74.6 Å². The van der Waals surface area contributed by atoms with Gasteiger partial charge in [0.1, 0.15) is 0 Å². The van der Waals surface area contributed by atoms with Gasteiger partial charge in [0.05, 0.1) is 11.1 Å². The van der Waals surface area contributed by atoms with Gasteiger partial charge in [0, 0.05) is 8.95 Å². The first-order chi connectivity index (χ1) is 15.3. The highest BCUT2D eigenvalue weighted by molar-refractivity contribution is 9.10. The quantitative estimate of drug-likeness (QED) is 0.255. The lowest BCUT2D eigenvalue weighted by atomic mass is 10.1. The summed E-state index contributed by atoms with van der Waals surface area (Å²) in [5.41, 5.74) is 8.20. The number of aliphatic carboxylic acids is 2. The lowest BCUT2D eigenvalue weighted by Crippen LogP contribution is -1.98. The van der Waals surface area contributed by atoms with E-state index in [0.717, 1.165) is 32.9 Å². The van der Waals surface area contributed by atoms with Crippen molar-refractivity contribution in [3.63, 3.8) is 0 Å². The summed E-state index contributed by atoms with van der Waals surface area (Å²) in [4.78, 5) is 21.7. The van der Waals surface area contributed by atoms with Gasteiger partial charge in [0.2, 0.25) is 0 Å². The standard InChI is InChI=1S/2C13H13BrO2/c2*1-2-3-11(13(15)16)7-4-10-5-8-12(14)9-6-10/h2*4-6,8-9H,2-3H2,1H3,(H,15,16). The SMILES string of the molecule is CCCC(=C=Cc1ccc(Br)cc1)C(=O)O.CCCC(=C=Cc1ccc(Br)cc1)C(=O)O. The van der Waals surface area contributed by atoms with Crippen LogP contribution >= 0.6 is 31.9 Å². The van der Waals surface area contributed by atoms with Gasteiger partial charge in [-0.1, -0.05) is 82.8 Å². The number of rotatable bonds is 8. The Bertz CT molecular complexity index is 937. The van der Waals surface area contributed by atoms with Crippen molar-refractivity contribution < 1.29 is 19.8 Å². The minimum atomic E-state index is -0.893. The van der Waals surface area contributed by atoms with Crippen LogP contribution in [0.25, 0.3) is 12.2 Å². The van der Waals surface area contributed by atoms with Crippen LogP contribution in [-0.4, -0.2) is 22.2 Å². The van der Waals surface area contributed by atoms with E-state index >= 15 is 0 Å². The molecule has 0 radical (unpaired) electrons. The van der Waals surface area contributed by atoms with Gasteiger partial charge in [-0.25, -0.2) is 9.59 Å². The van der Waals surface area contributed by atoms with Crippen molar-refractivity contribution in [1.82, 2.24) is 0 Å². The molecular weight excluding hydrogens is 536 g/mol. The Morgan fingerprint density at radius 3 is 1.28 bits per heavy atom. The maximum atomic E-state index is 10.8. The summed E-state index contributed by atoms with van der Waals surface area (Å²) in [5.74, 6) is -1.79. The van der Waals surface area contributed by atoms with Crippen LogP contribution < -0.4 is 0 Å². The lowest BCUT2D eigenvalue weighted by molar-refractivity contribution is -0.133. The maximum Gasteiger partial charge on any atom is 0.339 e. The number of hydrogen-bond donors (Lipinski definition) is 2. The van der Waals surface area contributed by atoms with Gasteiger partial charge in [-0.2, -0.15) is 0 Å². The van der Waals surface area contributed by atoms with Gasteiger partial charge in [-0.05, 0) is 60.4 Å². The minimum Gasteiger partial charge on any atom is -0.477 e. The van der Waals surface area contributed by atoms with Crippen LogP contribution in [0.3, 0.4) is 0 Å². The van der Waals surface area contributed by atoms with Gasteiger partial charge in [-0.3, -0.25) is 0 Å². The molecule has 0 amide bonds. The summed E-state index contributed by atoms with van der Waals surface area (Å²) >= 11 is 6.68. The Labute approximate surface area is 205 Å². The van der Waals surface area contributed by atoms with Crippen LogP contribution in [0.1, 0.15) is 50.7 Å². The summed E-state index contributed by atoms with van der Waals surface area (Å²) < 4.78 is 2.00. The second kappa shape index (κ2) is 15.2. The van der Waals surface area contributed by atoms with Crippen molar-refractivity contribution in [1.29, 1.82) is 0 Å². The van der Waals surface area contributed by atoms with E-state index in [1.807, 2.05) is 62.4 Å². The molecule has 0 atom stereocenters. The van der Waals surface area contributed by atoms with Gasteiger partial charge >= 0.3 is 11.9 Å². The van der Waals surface area contributed by atoms with E-state index < -0.39 is 11.9 Å². The molecule has 0 aromatic heterocycles. The van der Waals surface area contributed by atoms with Crippen LogP contribution in [-0.2, 0) is 9.59 Å². The van der Waals surface area contributed by atoms with Crippen molar-refractivity contribution in [2.75, 3.05) is 0 Å². The van der Waals surface area contributed by atoms with Crippen LogP contribution in [0.15, 0.2) is 80.1 Å². The van der Waals surface area contributed by atoms with E-state index in [1.54, 1.807) is 12.2 Å². The molecular formula is C26H26Br2O4. The third kappa shape index (κ3) is 11.1. The second-order valence-corrected chi connectivity index (χ2v) is 8.58. The molecule has 2 rings (SSSR count). The van der Waals surface area contributed by atoms with Crippen molar-refractivity contribution in [2.24, 2.45) is 0 Å². The molecule has 0 saturated heterocycles. The van der Waals surface area contributed by atoms with Gasteiger partial charge in [0.15, 0.2) is 0 Å².